The van der Waals surface area contributed by atoms with Gasteiger partial charge in [-0.3, -0.25) is 9.59 Å². The molecule has 5 atom stereocenters. The summed E-state index contributed by atoms with van der Waals surface area (Å²) in [6, 6.07) is 0. The Morgan fingerprint density at radius 2 is 1.73 bits per heavy atom. The second-order valence-electron chi connectivity index (χ2n) is 14.3. The molecule has 4 heteroatoms. The van der Waals surface area contributed by atoms with Crippen molar-refractivity contribution in [3.05, 3.63) is 34.9 Å². The van der Waals surface area contributed by atoms with Gasteiger partial charge in [0.25, 0.3) is 0 Å². The van der Waals surface area contributed by atoms with Gasteiger partial charge in [-0.2, -0.15) is 0 Å². The largest absolute Gasteiger partial charge is 0.469 e. The van der Waals surface area contributed by atoms with Crippen LogP contribution in [-0.4, -0.2) is 25.2 Å². The van der Waals surface area contributed by atoms with E-state index >= 15 is 0 Å². The Kier molecular flexibility index (Phi) is 7.40. The summed E-state index contributed by atoms with van der Waals surface area (Å²) in [7, 11) is 1.56. The molecule has 0 aliphatic heterocycles. The van der Waals surface area contributed by atoms with Gasteiger partial charge in [-0.05, 0) is 99.4 Å². The number of rotatable bonds is 4. The summed E-state index contributed by atoms with van der Waals surface area (Å²) in [4.78, 5) is 25.1. The molecule has 0 N–H and O–H groups in total. The third-order valence-corrected chi connectivity index (χ3v) is 11.2. The quantitative estimate of drug-likeness (QED) is 0.283. The normalized spacial score (nSPS) is 38.0. The summed E-state index contributed by atoms with van der Waals surface area (Å²) in [6.07, 6.45) is 12.2. The number of allylic oxidation sites excluding steroid dienone is 5. The van der Waals surface area contributed by atoms with E-state index in [0.29, 0.717) is 5.92 Å². The monoisotopic (exact) mass is 510 g/mol. The fourth-order valence-corrected chi connectivity index (χ4v) is 8.97. The first-order chi connectivity index (χ1) is 17.2. The van der Waals surface area contributed by atoms with E-state index in [9.17, 15) is 9.59 Å². The van der Waals surface area contributed by atoms with E-state index in [-0.39, 0.29) is 45.6 Å². The van der Waals surface area contributed by atoms with Crippen molar-refractivity contribution >= 4 is 11.9 Å². The highest BCUT2D eigenvalue weighted by molar-refractivity contribution is 5.78. The van der Waals surface area contributed by atoms with Crippen molar-refractivity contribution in [3.63, 3.8) is 0 Å². The summed E-state index contributed by atoms with van der Waals surface area (Å²) in [6.45, 7) is 20.1. The first-order valence-corrected chi connectivity index (χ1v) is 14.5. The Bertz CT molecular complexity index is 1030. The molecule has 0 spiro atoms. The third kappa shape index (κ3) is 4.76. The molecular formula is C33H50O4. The zero-order chi connectivity index (χ0) is 27.4. The van der Waals surface area contributed by atoms with Gasteiger partial charge in [0.15, 0.2) is 0 Å². The van der Waals surface area contributed by atoms with Crippen LogP contribution in [-0.2, 0) is 19.1 Å². The van der Waals surface area contributed by atoms with Crippen LogP contribution in [0.3, 0.4) is 0 Å². The third-order valence-electron chi connectivity index (χ3n) is 11.2. The molecule has 0 unspecified atom stereocenters. The number of esters is 2. The van der Waals surface area contributed by atoms with E-state index < -0.39 is 0 Å². The van der Waals surface area contributed by atoms with Crippen LogP contribution < -0.4 is 0 Å². The summed E-state index contributed by atoms with van der Waals surface area (Å²) < 4.78 is 11.3. The van der Waals surface area contributed by atoms with E-state index in [1.54, 1.807) is 7.11 Å². The highest BCUT2D eigenvalue weighted by Crippen LogP contribution is 2.62. The Balaban J connectivity index is 1.69. The molecular weight excluding hydrogens is 460 g/mol. The van der Waals surface area contributed by atoms with E-state index in [1.807, 2.05) is 0 Å². The molecule has 0 saturated heterocycles. The second-order valence-corrected chi connectivity index (χ2v) is 14.3. The maximum Gasteiger partial charge on any atom is 0.312 e. The lowest BCUT2D eigenvalue weighted by Gasteiger charge is -2.57. The molecule has 0 aromatic rings. The Labute approximate surface area is 225 Å². The SMILES string of the molecule is C=C1CC[C@H]2C(C)(C)[C@@H](OC(C)=O)CC[C@]2(C)/C1=C/CC1=C(C)CC[C@@]2(C(=O)OC)CCC(C)(C)C[C@@H]12. The molecule has 0 amide bonds. The maximum absolute atomic E-state index is 13.3. The minimum atomic E-state index is -0.377. The van der Waals surface area contributed by atoms with E-state index in [1.165, 1.54) is 29.2 Å². The van der Waals surface area contributed by atoms with Gasteiger partial charge in [-0.1, -0.05) is 64.0 Å². The molecule has 37 heavy (non-hydrogen) atoms. The van der Waals surface area contributed by atoms with Gasteiger partial charge >= 0.3 is 11.9 Å². The van der Waals surface area contributed by atoms with Crippen molar-refractivity contribution in [2.75, 3.05) is 7.11 Å². The van der Waals surface area contributed by atoms with Crippen molar-refractivity contribution in [2.45, 2.75) is 119 Å². The van der Waals surface area contributed by atoms with Gasteiger partial charge < -0.3 is 9.47 Å². The summed E-state index contributed by atoms with van der Waals surface area (Å²) >= 11 is 0. The molecule has 0 bridgehead atoms. The van der Waals surface area contributed by atoms with Crippen LogP contribution in [0.4, 0.5) is 0 Å². The molecule has 3 fully saturated rings. The second kappa shape index (κ2) is 9.72. The minimum absolute atomic E-state index is 0.00898. The molecule has 0 heterocycles. The Morgan fingerprint density at radius 1 is 1.03 bits per heavy atom. The molecule has 4 aliphatic rings. The lowest BCUT2D eigenvalue weighted by atomic mass is 9.48. The highest BCUT2D eigenvalue weighted by atomic mass is 16.5. The van der Waals surface area contributed by atoms with Gasteiger partial charge in [0.05, 0.1) is 12.5 Å². The highest BCUT2D eigenvalue weighted by Gasteiger charge is 2.56. The van der Waals surface area contributed by atoms with Crippen LogP contribution in [0.25, 0.3) is 0 Å². The smallest absolute Gasteiger partial charge is 0.312 e. The zero-order valence-corrected chi connectivity index (χ0v) is 24.7. The van der Waals surface area contributed by atoms with Gasteiger partial charge in [-0.25, -0.2) is 0 Å². The number of carbonyl (C=O) groups is 2. The summed E-state index contributed by atoms with van der Waals surface area (Å²) in [5.74, 6) is 0.483. The number of methoxy groups -OCH3 is 1. The first-order valence-electron chi connectivity index (χ1n) is 14.5. The molecule has 4 rings (SSSR count). The lowest BCUT2D eigenvalue weighted by molar-refractivity contribution is -0.166. The Hall–Kier alpha value is -1.84. The molecule has 0 aromatic heterocycles. The minimum Gasteiger partial charge on any atom is -0.469 e. The topological polar surface area (TPSA) is 52.6 Å². The predicted octanol–water partition coefficient (Wildman–Crippen LogP) is 8.12. The fourth-order valence-electron chi connectivity index (χ4n) is 8.97. The lowest BCUT2D eigenvalue weighted by Crippen LogP contribution is -2.53. The average molecular weight is 511 g/mol. The molecule has 4 nitrogen and oxygen atoms in total. The number of fused-ring (bicyclic) bond motifs is 2. The van der Waals surface area contributed by atoms with E-state index in [0.717, 1.165) is 64.2 Å². The van der Waals surface area contributed by atoms with Gasteiger partial charge in [0, 0.05) is 12.3 Å². The molecule has 0 radical (unpaired) electrons. The van der Waals surface area contributed by atoms with E-state index in [4.69, 9.17) is 9.47 Å². The maximum atomic E-state index is 13.3. The first kappa shape index (κ1) is 28.2. The van der Waals surface area contributed by atoms with Crippen molar-refractivity contribution in [3.8, 4) is 0 Å². The fraction of sp³-hybridized carbons (Fsp3) is 0.758. The standard InChI is InChI=1S/C33H50O4/c1-21-14-17-33(29(35)36-9)19-18-30(4,5)20-26(33)24(21)11-12-25-22(2)10-13-27-31(6,7)28(37-23(3)34)15-16-32(25,27)8/h12,26-28H,2,10-11,13-20H2,1,3-9H3/b25-12+/t26-,27-,28-,32+,33+/m0/s1. The number of ether oxygens (including phenoxy) is 2. The van der Waals surface area contributed by atoms with Gasteiger partial charge in [0.2, 0.25) is 0 Å². The van der Waals surface area contributed by atoms with Crippen LogP contribution in [0, 0.1) is 33.5 Å². The number of hydrogen-bond acceptors (Lipinski definition) is 4. The molecule has 206 valence electrons. The average Bonchev–Trinajstić information content (AvgIpc) is 2.81. The summed E-state index contributed by atoms with van der Waals surface area (Å²) in [5, 5.41) is 0. The van der Waals surface area contributed by atoms with Crippen LogP contribution in [0.1, 0.15) is 113 Å². The van der Waals surface area contributed by atoms with Crippen LogP contribution in [0.2, 0.25) is 0 Å². The number of hydrogen-bond donors (Lipinski definition) is 0. The van der Waals surface area contributed by atoms with E-state index in [2.05, 4.69) is 54.2 Å². The van der Waals surface area contributed by atoms with Crippen LogP contribution in [0.15, 0.2) is 34.9 Å². The number of carbonyl (C=O) groups excluding carboxylic acids is 2. The summed E-state index contributed by atoms with van der Waals surface area (Å²) in [5.41, 5.74) is 5.36. The molecule has 3 saturated carbocycles. The molecule has 0 aromatic carbocycles. The van der Waals surface area contributed by atoms with Crippen molar-refractivity contribution in [2.24, 2.45) is 33.5 Å². The van der Waals surface area contributed by atoms with Crippen molar-refractivity contribution in [1.29, 1.82) is 0 Å². The van der Waals surface area contributed by atoms with Crippen molar-refractivity contribution in [1.82, 2.24) is 0 Å². The van der Waals surface area contributed by atoms with Gasteiger partial charge in [0.1, 0.15) is 6.10 Å². The Morgan fingerprint density at radius 3 is 2.38 bits per heavy atom. The van der Waals surface area contributed by atoms with Crippen LogP contribution >= 0.6 is 0 Å². The molecule has 4 aliphatic carbocycles. The van der Waals surface area contributed by atoms with Gasteiger partial charge in [-0.15, -0.1) is 0 Å². The zero-order valence-electron chi connectivity index (χ0n) is 24.7. The predicted molar refractivity (Wildman–Crippen MR) is 149 cm³/mol. The van der Waals surface area contributed by atoms with Crippen molar-refractivity contribution < 1.29 is 19.1 Å². The van der Waals surface area contributed by atoms with Crippen LogP contribution in [0.5, 0.6) is 0 Å².